The summed E-state index contributed by atoms with van der Waals surface area (Å²) in [6.07, 6.45) is 3.88. The molecule has 0 aliphatic carbocycles. The number of nitro groups is 1. The second-order valence-corrected chi connectivity index (χ2v) is 7.12. The number of nitrogens with one attached hydrogen (secondary N) is 1. The number of esters is 1. The molecule has 0 radical (unpaired) electrons. The molecule has 3 aromatic rings. The lowest BCUT2D eigenvalue weighted by atomic mass is 10.1. The molecule has 4 rings (SSSR count). The summed E-state index contributed by atoms with van der Waals surface area (Å²) < 4.78 is 5.38. The van der Waals surface area contributed by atoms with E-state index in [1.54, 1.807) is 54.6 Å². The highest BCUT2D eigenvalue weighted by atomic mass is 16.6. The maximum atomic E-state index is 12.8. The predicted octanol–water partition coefficient (Wildman–Crippen LogP) is 3.68. The zero-order valence-corrected chi connectivity index (χ0v) is 17.6. The number of nitrogens with zero attached hydrogens (tertiary/aromatic N) is 2. The molecule has 0 bridgehead atoms. The number of hydrogen-bond donors (Lipinski definition) is 1. The van der Waals surface area contributed by atoms with Gasteiger partial charge in [0.2, 0.25) is 0 Å². The van der Waals surface area contributed by atoms with Crippen LogP contribution in [0.15, 0.2) is 90.5 Å². The summed E-state index contributed by atoms with van der Waals surface area (Å²) in [5, 5.41) is 12.0. The minimum absolute atomic E-state index is 0.100. The molecule has 1 heterocycles. The highest BCUT2D eigenvalue weighted by molar-refractivity contribution is 6.31. The molecule has 1 aliphatic heterocycles. The first-order chi connectivity index (χ1) is 16.4. The summed E-state index contributed by atoms with van der Waals surface area (Å²) in [5.74, 6) is -1.71. The maximum Gasteiger partial charge on any atom is 0.336 e. The van der Waals surface area contributed by atoms with Crippen molar-refractivity contribution in [2.24, 2.45) is 0 Å². The first kappa shape index (κ1) is 22.2. The molecule has 0 saturated carbocycles. The maximum absolute atomic E-state index is 12.8. The van der Waals surface area contributed by atoms with Crippen LogP contribution in [0.3, 0.4) is 0 Å². The zero-order valence-electron chi connectivity index (χ0n) is 17.6. The number of hydrazine groups is 1. The predicted molar refractivity (Wildman–Crippen MR) is 124 cm³/mol. The van der Waals surface area contributed by atoms with Crippen LogP contribution in [-0.2, 0) is 14.4 Å². The Kier molecular flexibility index (Phi) is 6.26. The fourth-order valence-corrected chi connectivity index (χ4v) is 3.21. The van der Waals surface area contributed by atoms with Gasteiger partial charge in [0.1, 0.15) is 11.3 Å². The molecule has 1 N–H and O–H groups in total. The molecule has 1 aliphatic rings. The number of amides is 2. The number of non-ortho nitro benzene ring substituents is 1. The number of ether oxygens (including phenoxy) is 1. The van der Waals surface area contributed by atoms with Crippen LogP contribution < -0.4 is 15.2 Å². The van der Waals surface area contributed by atoms with E-state index in [0.717, 1.165) is 11.1 Å². The second kappa shape index (κ2) is 9.61. The van der Waals surface area contributed by atoms with Crippen molar-refractivity contribution < 1.29 is 24.0 Å². The van der Waals surface area contributed by atoms with Gasteiger partial charge in [-0.05, 0) is 35.9 Å². The molecule has 2 amide bonds. The molecule has 3 aromatic carbocycles. The second-order valence-electron chi connectivity index (χ2n) is 7.12. The molecule has 34 heavy (non-hydrogen) atoms. The van der Waals surface area contributed by atoms with E-state index in [9.17, 15) is 24.5 Å². The van der Waals surface area contributed by atoms with E-state index < -0.39 is 22.7 Å². The molecule has 1 fully saturated rings. The number of benzene rings is 3. The molecule has 0 unspecified atom stereocenters. The summed E-state index contributed by atoms with van der Waals surface area (Å²) in [6.45, 7) is 0. The number of carbonyl (C=O) groups excluding carboxylic acids is 3. The van der Waals surface area contributed by atoms with Crippen LogP contribution in [0.25, 0.3) is 12.2 Å². The topological polar surface area (TPSA) is 119 Å². The van der Waals surface area contributed by atoms with Crippen molar-refractivity contribution in [1.29, 1.82) is 0 Å². The Hall–Kier alpha value is -5.05. The van der Waals surface area contributed by atoms with Gasteiger partial charge >= 0.3 is 5.97 Å². The Labute approximate surface area is 193 Å². The SMILES string of the molecule is O=C(/C=C/c1cccc([N+](=O)[O-])c1)Oc1ccccc1/C=C1\C(=O)NN(c2ccccc2)C1=O. The molecule has 9 heteroatoms. The minimum atomic E-state index is -0.731. The number of para-hydroxylation sites is 2. The molecule has 0 atom stereocenters. The molecule has 0 aromatic heterocycles. The molecular weight excluding hydrogens is 438 g/mol. The number of anilines is 1. The zero-order chi connectivity index (χ0) is 24.1. The van der Waals surface area contributed by atoms with Gasteiger partial charge in [0.05, 0.1) is 10.6 Å². The van der Waals surface area contributed by atoms with Crippen molar-refractivity contribution >= 4 is 41.3 Å². The van der Waals surface area contributed by atoms with Gasteiger partial charge in [-0.25, -0.2) is 9.80 Å². The van der Waals surface area contributed by atoms with Gasteiger partial charge in [-0.2, -0.15) is 0 Å². The average molecular weight is 455 g/mol. The van der Waals surface area contributed by atoms with Crippen molar-refractivity contribution in [1.82, 2.24) is 5.43 Å². The van der Waals surface area contributed by atoms with E-state index in [0.29, 0.717) is 16.8 Å². The number of nitro benzene ring substituents is 1. The van der Waals surface area contributed by atoms with Crippen LogP contribution >= 0.6 is 0 Å². The Balaban J connectivity index is 1.53. The van der Waals surface area contributed by atoms with Crippen molar-refractivity contribution in [2.45, 2.75) is 0 Å². The van der Waals surface area contributed by atoms with Crippen LogP contribution in [0.2, 0.25) is 0 Å². The molecular formula is C25H17N3O6. The van der Waals surface area contributed by atoms with Crippen LogP contribution in [0.4, 0.5) is 11.4 Å². The van der Waals surface area contributed by atoms with Gasteiger partial charge in [-0.3, -0.25) is 25.1 Å². The lowest BCUT2D eigenvalue weighted by molar-refractivity contribution is -0.384. The van der Waals surface area contributed by atoms with E-state index in [2.05, 4.69) is 5.43 Å². The van der Waals surface area contributed by atoms with Crippen LogP contribution in [-0.4, -0.2) is 22.7 Å². The highest BCUT2D eigenvalue weighted by Crippen LogP contribution is 2.25. The highest BCUT2D eigenvalue weighted by Gasteiger charge is 2.34. The standard InChI is InChI=1S/C25H17N3O6/c29-23(14-13-17-7-6-11-20(15-17)28(32)33)34-22-12-5-4-8-18(22)16-21-24(30)26-27(25(21)31)19-9-2-1-3-10-19/h1-16H,(H,26,30)/b14-13+,21-16+. The van der Waals surface area contributed by atoms with E-state index in [4.69, 9.17) is 4.74 Å². The van der Waals surface area contributed by atoms with Crippen LogP contribution in [0, 0.1) is 10.1 Å². The summed E-state index contributed by atoms with van der Waals surface area (Å²) in [7, 11) is 0. The summed E-state index contributed by atoms with van der Waals surface area (Å²) in [5.41, 5.74) is 3.62. The van der Waals surface area contributed by atoms with Crippen molar-refractivity contribution in [3.8, 4) is 5.75 Å². The normalized spacial score (nSPS) is 14.5. The van der Waals surface area contributed by atoms with Crippen LogP contribution in [0.5, 0.6) is 5.75 Å². The Morgan fingerprint density at radius 2 is 1.71 bits per heavy atom. The smallest absolute Gasteiger partial charge is 0.336 e. The number of carbonyl (C=O) groups is 3. The lowest BCUT2D eigenvalue weighted by Gasteiger charge is -2.13. The first-order valence-electron chi connectivity index (χ1n) is 10.1. The average Bonchev–Trinajstić information content (AvgIpc) is 3.13. The summed E-state index contributed by atoms with van der Waals surface area (Å²) in [6, 6.07) is 20.9. The quantitative estimate of drug-likeness (QED) is 0.151. The van der Waals surface area contributed by atoms with Crippen LogP contribution in [0.1, 0.15) is 11.1 Å². The fraction of sp³-hybridized carbons (Fsp3) is 0. The van der Waals surface area contributed by atoms with E-state index in [1.807, 2.05) is 0 Å². The van der Waals surface area contributed by atoms with Crippen molar-refractivity contribution in [3.05, 3.63) is 112 Å². The molecule has 0 spiro atoms. The third-order valence-electron chi connectivity index (χ3n) is 4.83. The summed E-state index contributed by atoms with van der Waals surface area (Å²) >= 11 is 0. The summed E-state index contributed by atoms with van der Waals surface area (Å²) in [4.78, 5) is 47.9. The Morgan fingerprint density at radius 1 is 0.971 bits per heavy atom. The van der Waals surface area contributed by atoms with E-state index in [1.165, 1.54) is 36.4 Å². The number of hydrogen-bond acceptors (Lipinski definition) is 6. The van der Waals surface area contributed by atoms with Gasteiger partial charge in [0.15, 0.2) is 0 Å². The molecule has 9 nitrogen and oxygen atoms in total. The van der Waals surface area contributed by atoms with Gasteiger partial charge in [0, 0.05) is 23.8 Å². The Morgan fingerprint density at radius 3 is 2.47 bits per heavy atom. The number of rotatable bonds is 6. The monoisotopic (exact) mass is 455 g/mol. The molecule has 1 saturated heterocycles. The van der Waals surface area contributed by atoms with Gasteiger partial charge in [0.25, 0.3) is 17.5 Å². The first-order valence-corrected chi connectivity index (χ1v) is 10.1. The van der Waals surface area contributed by atoms with E-state index >= 15 is 0 Å². The third-order valence-corrected chi connectivity index (χ3v) is 4.83. The molecule has 168 valence electrons. The third kappa shape index (κ3) is 4.89. The van der Waals surface area contributed by atoms with Gasteiger partial charge < -0.3 is 4.74 Å². The lowest BCUT2D eigenvalue weighted by Crippen LogP contribution is -2.35. The fourth-order valence-electron chi connectivity index (χ4n) is 3.21. The Bertz CT molecular complexity index is 1350. The van der Waals surface area contributed by atoms with E-state index in [-0.39, 0.29) is 17.0 Å². The van der Waals surface area contributed by atoms with Crippen molar-refractivity contribution in [2.75, 3.05) is 5.01 Å². The van der Waals surface area contributed by atoms with Gasteiger partial charge in [-0.1, -0.05) is 48.5 Å². The minimum Gasteiger partial charge on any atom is -0.423 e. The van der Waals surface area contributed by atoms with Gasteiger partial charge in [-0.15, -0.1) is 0 Å². The largest absolute Gasteiger partial charge is 0.423 e. The van der Waals surface area contributed by atoms with Crippen molar-refractivity contribution in [3.63, 3.8) is 0 Å².